The van der Waals surface area contributed by atoms with Crippen LogP contribution in [-0.2, 0) is 9.53 Å². The minimum atomic E-state index is -0.693. The summed E-state index contributed by atoms with van der Waals surface area (Å²) in [5.74, 6) is 2.77. The summed E-state index contributed by atoms with van der Waals surface area (Å²) in [6, 6.07) is 0. The van der Waals surface area contributed by atoms with Gasteiger partial charge in [0.2, 0.25) is 0 Å². The molecule has 0 bridgehead atoms. The first-order valence-corrected chi connectivity index (χ1v) is 9.31. The number of carbonyl (C=O) groups is 1. The van der Waals surface area contributed by atoms with Crippen LogP contribution in [0.2, 0.25) is 0 Å². The molecule has 4 saturated carbocycles. The van der Waals surface area contributed by atoms with Crippen LogP contribution < -0.4 is 0 Å². The van der Waals surface area contributed by atoms with Gasteiger partial charge in [-0.05, 0) is 74.0 Å². The Morgan fingerprint density at radius 2 is 1.91 bits per heavy atom. The number of epoxide rings is 1. The first-order chi connectivity index (χ1) is 10.4. The highest BCUT2D eigenvalue weighted by atomic mass is 16.6. The number of ketones is 1. The molecule has 5 aliphatic rings. The molecule has 1 aliphatic heterocycles. The molecule has 1 N–H and O–H groups in total. The summed E-state index contributed by atoms with van der Waals surface area (Å²) >= 11 is 0. The van der Waals surface area contributed by atoms with Crippen molar-refractivity contribution in [1.82, 2.24) is 0 Å². The highest BCUT2D eigenvalue weighted by Gasteiger charge is 2.64. The third kappa shape index (κ3) is 1.57. The zero-order valence-electron chi connectivity index (χ0n) is 13.8. The van der Waals surface area contributed by atoms with Gasteiger partial charge in [-0.25, -0.2) is 0 Å². The van der Waals surface area contributed by atoms with Crippen LogP contribution in [0.4, 0.5) is 0 Å². The average molecular weight is 304 g/mol. The predicted octanol–water partition coefficient (Wildman–Crippen LogP) is 2.95. The fourth-order valence-corrected chi connectivity index (χ4v) is 7.31. The Hall–Kier alpha value is -0.410. The van der Waals surface area contributed by atoms with Crippen LogP contribution in [0.1, 0.15) is 58.8 Å². The van der Waals surface area contributed by atoms with Crippen molar-refractivity contribution in [3.8, 4) is 0 Å². The highest BCUT2D eigenvalue weighted by molar-refractivity contribution is 5.91. The Kier molecular flexibility index (Phi) is 2.64. The summed E-state index contributed by atoms with van der Waals surface area (Å²) in [4.78, 5) is 12.5. The van der Waals surface area contributed by atoms with Crippen LogP contribution in [-0.4, -0.2) is 29.2 Å². The molecule has 22 heavy (non-hydrogen) atoms. The van der Waals surface area contributed by atoms with E-state index in [1.165, 1.54) is 32.1 Å². The highest BCUT2D eigenvalue weighted by Crippen LogP contribution is 2.67. The first-order valence-electron chi connectivity index (χ1n) is 9.31. The van der Waals surface area contributed by atoms with Gasteiger partial charge in [-0.2, -0.15) is 0 Å². The quantitative estimate of drug-likeness (QED) is 0.700. The number of aliphatic hydroxyl groups is 1. The van der Waals surface area contributed by atoms with Gasteiger partial charge in [0.15, 0.2) is 5.78 Å². The molecule has 1 heterocycles. The molecule has 5 fully saturated rings. The van der Waals surface area contributed by atoms with E-state index in [0.29, 0.717) is 29.5 Å². The van der Waals surface area contributed by atoms with Crippen molar-refractivity contribution in [3.05, 3.63) is 0 Å². The van der Waals surface area contributed by atoms with Crippen molar-refractivity contribution in [3.63, 3.8) is 0 Å². The monoisotopic (exact) mass is 304 g/mol. The maximum absolute atomic E-state index is 12.5. The van der Waals surface area contributed by atoms with Gasteiger partial charge in [0.1, 0.15) is 6.10 Å². The number of carbonyl (C=O) groups excluding carboxylic acids is 1. The standard InChI is InChI=1S/C19H28O3/c1-18-6-5-12-11(13(18)8-14(20)17(18)21)4-3-10-7-15-16(22-15)9-19(10,12)2/h10-16,20H,3-9H2,1-2H3/t10-,11+,12-,13-,14-,15-,16+,18-,19-/m0/s1. The van der Waals surface area contributed by atoms with Gasteiger partial charge in [0.05, 0.1) is 12.2 Å². The van der Waals surface area contributed by atoms with E-state index in [2.05, 4.69) is 13.8 Å². The molecule has 0 aromatic heterocycles. The van der Waals surface area contributed by atoms with E-state index in [1.54, 1.807) is 0 Å². The minimum Gasteiger partial charge on any atom is -0.385 e. The molecule has 1 saturated heterocycles. The fourth-order valence-electron chi connectivity index (χ4n) is 7.31. The summed E-state index contributed by atoms with van der Waals surface area (Å²) in [6.07, 6.45) is 8.39. The molecular weight excluding hydrogens is 276 g/mol. The molecule has 3 nitrogen and oxygen atoms in total. The second-order valence-electron chi connectivity index (χ2n) is 9.38. The van der Waals surface area contributed by atoms with Crippen LogP contribution in [0.3, 0.4) is 0 Å². The lowest BCUT2D eigenvalue weighted by atomic mass is 9.45. The molecule has 0 radical (unpaired) electrons. The van der Waals surface area contributed by atoms with E-state index in [9.17, 15) is 9.90 Å². The second kappa shape index (κ2) is 4.16. The van der Waals surface area contributed by atoms with E-state index < -0.39 is 6.10 Å². The van der Waals surface area contributed by atoms with Crippen molar-refractivity contribution in [2.45, 2.75) is 77.1 Å². The molecular formula is C19H28O3. The van der Waals surface area contributed by atoms with Crippen LogP contribution in [0, 0.1) is 34.5 Å². The lowest BCUT2D eigenvalue weighted by Crippen LogP contribution is -2.53. The first kappa shape index (κ1) is 14.0. The summed E-state index contributed by atoms with van der Waals surface area (Å²) in [7, 11) is 0. The van der Waals surface area contributed by atoms with Crippen molar-refractivity contribution >= 4 is 5.78 Å². The van der Waals surface area contributed by atoms with E-state index >= 15 is 0 Å². The van der Waals surface area contributed by atoms with Crippen LogP contribution >= 0.6 is 0 Å². The number of aliphatic hydroxyl groups excluding tert-OH is 1. The summed E-state index contributed by atoms with van der Waals surface area (Å²) in [5.41, 5.74) is 0.176. The minimum absolute atomic E-state index is 0.137. The van der Waals surface area contributed by atoms with Gasteiger partial charge < -0.3 is 9.84 Å². The number of rotatable bonds is 0. The topological polar surface area (TPSA) is 49.8 Å². The summed E-state index contributed by atoms with van der Waals surface area (Å²) < 4.78 is 5.86. The molecule has 3 heteroatoms. The third-order valence-corrected chi connectivity index (χ3v) is 8.64. The van der Waals surface area contributed by atoms with Crippen molar-refractivity contribution in [2.75, 3.05) is 0 Å². The Morgan fingerprint density at radius 1 is 1.09 bits per heavy atom. The normalized spacial score (nSPS) is 62.7. The lowest BCUT2D eigenvalue weighted by molar-refractivity contribution is -0.141. The summed E-state index contributed by atoms with van der Waals surface area (Å²) in [5, 5.41) is 10.2. The smallest absolute Gasteiger partial charge is 0.167 e. The molecule has 0 spiro atoms. The van der Waals surface area contributed by atoms with Gasteiger partial charge in [0, 0.05) is 5.41 Å². The van der Waals surface area contributed by atoms with Crippen molar-refractivity contribution in [2.24, 2.45) is 34.5 Å². The van der Waals surface area contributed by atoms with Crippen LogP contribution in [0.15, 0.2) is 0 Å². The van der Waals surface area contributed by atoms with Gasteiger partial charge in [-0.1, -0.05) is 13.8 Å². The lowest BCUT2D eigenvalue weighted by Gasteiger charge is -2.58. The molecule has 5 rings (SSSR count). The molecule has 4 aliphatic carbocycles. The third-order valence-electron chi connectivity index (χ3n) is 8.64. The SMILES string of the molecule is C[C@]12C[C@H]3O[C@H]3C[C@@H]1CC[C@@H]1[C@@H]2CC[C@]2(C)C(=O)[C@@H](O)C[C@@H]12. The van der Waals surface area contributed by atoms with Crippen LogP contribution in [0.5, 0.6) is 0 Å². The molecule has 9 atom stereocenters. The predicted molar refractivity (Wildman–Crippen MR) is 82.2 cm³/mol. The van der Waals surface area contributed by atoms with Gasteiger partial charge in [-0.15, -0.1) is 0 Å². The Labute approximate surface area is 132 Å². The molecule has 0 aromatic carbocycles. The van der Waals surface area contributed by atoms with E-state index in [0.717, 1.165) is 24.7 Å². The number of ether oxygens (including phenoxy) is 1. The maximum atomic E-state index is 12.5. The zero-order valence-corrected chi connectivity index (χ0v) is 13.8. The van der Waals surface area contributed by atoms with Gasteiger partial charge in [-0.3, -0.25) is 4.79 Å². The second-order valence-corrected chi connectivity index (χ2v) is 9.38. The number of fused-ring (bicyclic) bond motifs is 6. The summed E-state index contributed by atoms with van der Waals surface area (Å²) in [6.45, 7) is 4.66. The zero-order chi connectivity index (χ0) is 15.3. The van der Waals surface area contributed by atoms with E-state index in [4.69, 9.17) is 4.74 Å². The Bertz CT molecular complexity index is 531. The molecule has 0 aromatic rings. The number of hydrogen-bond donors (Lipinski definition) is 1. The number of Topliss-reactive ketones (excluding diaryl/α,β-unsaturated/α-hetero) is 1. The van der Waals surface area contributed by atoms with Gasteiger partial charge in [0.25, 0.3) is 0 Å². The Morgan fingerprint density at radius 3 is 2.73 bits per heavy atom. The fraction of sp³-hybridized carbons (Fsp3) is 0.947. The molecule has 0 amide bonds. The average Bonchev–Trinajstić information content (AvgIpc) is 3.18. The van der Waals surface area contributed by atoms with E-state index in [1.807, 2.05) is 0 Å². The number of hydrogen-bond acceptors (Lipinski definition) is 3. The van der Waals surface area contributed by atoms with Crippen molar-refractivity contribution < 1.29 is 14.6 Å². The van der Waals surface area contributed by atoms with E-state index in [-0.39, 0.29) is 11.2 Å². The Balaban J connectivity index is 1.49. The van der Waals surface area contributed by atoms with Gasteiger partial charge >= 0.3 is 0 Å². The largest absolute Gasteiger partial charge is 0.385 e. The van der Waals surface area contributed by atoms with Crippen LogP contribution in [0.25, 0.3) is 0 Å². The molecule has 0 unspecified atom stereocenters. The van der Waals surface area contributed by atoms with Crippen molar-refractivity contribution in [1.29, 1.82) is 0 Å². The maximum Gasteiger partial charge on any atom is 0.167 e. The molecule has 122 valence electrons.